The van der Waals surface area contributed by atoms with Crippen molar-refractivity contribution >= 4 is 23.3 Å². The zero-order valence-corrected chi connectivity index (χ0v) is 7.98. The molecule has 0 aliphatic carbocycles. The van der Waals surface area contributed by atoms with Gasteiger partial charge in [-0.2, -0.15) is 4.73 Å². The summed E-state index contributed by atoms with van der Waals surface area (Å²) in [4.78, 5) is 0. The Kier molecular flexibility index (Phi) is 2.99. The number of hydrogen-bond acceptors (Lipinski definition) is 3. The molecular formula is C9H9ClN2O2. The molecule has 1 aromatic carbocycles. The number of hydrogen-bond donors (Lipinski definition) is 2. The second kappa shape index (κ2) is 4.02. The monoisotopic (exact) mass is 212 g/mol. The topological polar surface area (TPSA) is 57.8 Å². The number of halogens is 1. The minimum atomic E-state index is 0. The van der Waals surface area contributed by atoms with Gasteiger partial charge in [0.1, 0.15) is 5.36 Å². The SMILES string of the molecule is Cl.ON=c1ccn(O)c2ccccc12. The third-order valence-corrected chi connectivity index (χ3v) is 1.91. The summed E-state index contributed by atoms with van der Waals surface area (Å²) in [6, 6.07) is 8.66. The fourth-order valence-corrected chi connectivity index (χ4v) is 1.29. The Balaban J connectivity index is 0.000000980. The summed E-state index contributed by atoms with van der Waals surface area (Å²) in [6.45, 7) is 0. The first-order chi connectivity index (χ1) is 6.33. The Morgan fingerprint density at radius 1 is 1.14 bits per heavy atom. The minimum Gasteiger partial charge on any atom is -0.428 e. The maximum Gasteiger partial charge on any atom is 0.113 e. The molecule has 1 heterocycles. The molecule has 2 rings (SSSR count). The molecule has 0 spiro atoms. The fraction of sp³-hybridized carbons (Fsp3) is 0. The molecule has 1 aromatic heterocycles. The van der Waals surface area contributed by atoms with Gasteiger partial charge in [0.25, 0.3) is 0 Å². The second-order valence-electron chi connectivity index (χ2n) is 2.66. The Hall–Kier alpha value is -1.68. The standard InChI is InChI=1S/C9H8N2O2.ClH/c12-10-8-5-6-11(13)9-4-2-1-3-7(8)9;/h1-6,12-13H;1H. The molecule has 2 N–H and O–H groups in total. The van der Waals surface area contributed by atoms with E-state index >= 15 is 0 Å². The van der Waals surface area contributed by atoms with Crippen molar-refractivity contribution in [3.8, 4) is 0 Å². The molecule has 0 saturated carbocycles. The molecule has 0 aliphatic rings. The van der Waals surface area contributed by atoms with Gasteiger partial charge < -0.3 is 10.4 Å². The van der Waals surface area contributed by atoms with Crippen LogP contribution in [0.5, 0.6) is 0 Å². The van der Waals surface area contributed by atoms with Crippen molar-refractivity contribution in [1.82, 2.24) is 4.73 Å². The maximum absolute atomic E-state index is 9.38. The molecular weight excluding hydrogens is 204 g/mol. The molecule has 4 nitrogen and oxygen atoms in total. The van der Waals surface area contributed by atoms with Crippen LogP contribution >= 0.6 is 12.4 Å². The van der Waals surface area contributed by atoms with Crippen LogP contribution in [0.2, 0.25) is 0 Å². The van der Waals surface area contributed by atoms with Crippen molar-refractivity contribution in [2.75, 3.05) is 0 Å². The van der Waals surface area contributed by atoms with Crippen LogP contribution in [0.1, 0.15) is 0 Å². The molecule has 74 valence electrons. The zero-order valence-electron chi connectivity index (χ0n) is 7.16. The second-order valence-corrected chi connectivity index (χ2v) is 2.66. The summed E-state index contributed by atoms with van der Waals surface area (Å²) >= 11 is 0. The lowest BCUT2D eigenvalue weighted by Crippen LogP contribution is -2.07. The highest BCUT2D eigenvalue weighted by atomic mass is 35.5. The van der Waals surface area contributed by atoms with E-state index in [1.807, 2.05) is 6.07 Å². The Morgan fingerprint density at radius 2 is 1.86 bits per heavy atom. The molecule has 5 heteroatoms. The zero-order chi connectivity index (χ0) is 9.26. The molecule has 0 radical (unpaired) electrons. The van der Waals surface area contributed by atoms with Crippen LogP contribution in [0.3, 0.4) is 0 Å². The van der Waals surface area contributed by atoms with Crippen molar-refractivity contribution in [3.05, 3.63) is 41.9 Å². The van der Waals surface area contributed by atoms with Crippen molar-refractivity contribution in [2.24, 2.45) is 5.16 Å². The molecule has 0 bridgehead atoms. The Bertz CT molecular complexity index is 507. The van der Waals surface area contributed by atoms with Crippen LogP contribution in [0.25, 0.3) is 10.9 Å². The molecule has 0 fully saturated rings. The van der Waals surface area contributed by atoms with E-state index in [2.05, 4.69) is 5.16 Å². The van der Waals surface area contributed by atoms with E-state index in [9.17, 15) is 5.21 Å². The van der Waals surface area contributed by atoms with Crippen LogP contribution in [-0.2, 0) is 0 Å². The van der Waals surface area contributed by atoms with Gasteiger partial charge in [0.2, 0.25) is 0 Å². The average molecular weight is 213 g/mol. The smallest absolute Gasteiger partial charge is 0.113 e. The van der Waals surface area contributed by atoms with E-state index < -0.39 is 0 Å². The van der Waals surface area contributed by atoms with Gasteiger partial charge in [-0.15, -0.1) is 12.4 Å². The predicted octanol–water partition coefficient (Wildman–Crippen LogP) is 1.59. The van der Waals surface area contributed by atoms with E-state index in [0.717, 1.165) is 4.73 Å². The van der Waals surface area contributed by atoms with Crippen LogP contribution < -0.4 is 5.36 Å². The number of pyridine rings is 1. The molecule has 14 heavy (non-hydrogen) atoms. The lowest BCUT2D eigenvalue weighted by Gasteiger charge is -2.02. The summed E-state index contributed by atoms with van der Waals surface area (Å²) < 4.78 is 0.990. The van der Waals surface area contributed by atoms with Gasteiger partial charge in [-0.05, 0) is 12.1 Å². The van der Waals surface area contributed by atoms with E-state index in [4.69, 9.17) is 5.21 Å². The fourth-order valence-electron chi connectivity index (χ4n) is 1.29. The van der Waals surface area contributed by atoms with Crippen LogP contribution in [0.15, 0.2) is 41.7 Å². The number of fused-ring (bicyclic) bond motifs is 1. The molecule has 2 aromatic rings. The third kappa shape index (κ3) is 1.52. The van der Waals surface area contributed by atoms with E-state index in [1.165, 1.54) is 12.3 Å². The largest absolute Gasteiger partial charge is 0.428 e. The summed E-state index contributed by atoms with van der Waals surface area (Å²) in [5.41, 5.74) is 0.609. The van der Waals surface area contributed by atoms with Gasteiger partial charge in [-0.3, -0.25) is 0 Å². The van der Waals surface area contributed by atoms with Crippen molar-refractivity contribution in [3.63, 3.8) is 0 Å². The lowest BCUT2D eigenvalue weighted by molar-refractivity contribution is 0.197. The first kappa shape index (κ1) is 10.4. The quantitative estimate of drug-likeness (QED) is 0.396. The van der Waals surface area contributed by atoms with Gasteiger partial charge >= 0.3 is 0 Å². The summed E-state index contributed by atoms with van der Waals surface area (Å²) in [5, 5.41) is 22.3. The molecule has 0 amide bonds. The van der Waals surface area contributed by atoms with Crippen molar-refractivity contribution in [1.29, 1.82) is 0 Å². The number of rotatable bonds is 0. The molecule has 0 saturated heterocycles. The number of nitrogens with zero attached hydrogens (tertiary/aromatic N) is 2. The molecule has 0 atom stereocenters. The Labute approximate surface area is 86.1 Å². The first-order valence-electron chi connectivity index (χ1n) is 3.80. The van der Waals surface area contributed by atoms with Crippen molar-refractivity contribution < 1.29 is 10.4 Å². The summed E-state index contributed by atoms with van der Waals surface area (Å²) in [6.07, 6.45) is 1.43. The Morgan fingerprint density at radius 3 is 2.57 bits per heavy atom. The highest BCUT2D eigenvalue weighted by Crippen LogP contribution is 2.06. The first-order valence-corrected chi connectivity index (χ1v) is 3.80. The van der Waals surface area contributed by atoms with E-state index in [-0.39, 0.29) is 12.4 Å². The van der Waals surface area contributed by atoms with Gasteiger partial charge in [0.15, 0.2) is 0 Å². The average Bonchev–Trinajstić information content (AvgIpc) is 2.19. The van der Waals surface area contributed by atoms with E-state index in [1.54, 1.807) is 18.2 Å². The normalized spacial score (nSPS) is 11.3. The van der Waals surface area contributed by atoms with Gasteiger partial charge in [0.05, 0.1) is 5.52 Å². The maximum atomic E-state index is 9.38. The van der Waals surface area contributed by atoms with Gasteiger partial charge in [-0.25, -0.2) is 0 Å². The number of benzene rings is 1. The molecule has 0 unspecified atom stereocenters. The van der Waals surface area contributed by atoms with Crippen LogP contribution in [0, 0.1) is 0 Å². The lowest BCUT2D eigenvalue weighted by atomic mass is 10.2. The number of para-hydroxylation sites is 1. The van der Waals surface area contributed by atoms with Crippen LogP contribution in [0.4, 0.5) is 0 Å². The van der Waals surface area contributed by atoms with Gasteiger partial charge in [-0.1, -0.05) is 23.4 Å². The minimum absolute atomic E-state index is 0. The van der Waals surface area contributed by atoms with Crippen LogP contribution in [-0.4, -0.2) is 15.1 Å². The highest BCUT2D eigenvalue weighted by molar-refractivity contribution is 5.85. The van der Waals surface area contributed by atoms with Gasteiger partial charge in [0, 0.05) is 11.6 Å². The third-order valence-electron chi connectivity index (χ3n) is 1.91. The molecule has 0 aliphatic heterocycles. The highest BCUT2D eigenvalue weighted by Gasteiger charge is 1.97. The summed E-state index contributed by atoms with van der Waals surface area (Å²) in [7, 11) is 0. The summed E-state index contributed by atoms with van der Waals surface area (Å²) in [5.74, 6) is 0. The van der Waals surface area contributed by atoms with E-state index in [0.29, 0.717) is 16.3 Å². The predicted molar refractivity (Wildman–Crippen MR) is 53.7 cm³/mol. The number of aromatic nitrogens is 1. The van der Waals surface area contributed by atoms with Crippen molar-refractivity contribution in [2.45, 2.75) is 0 Å².